The molecule has 4 heteroatoms. The fourth-order valence-electron chi connectivity index (χ4n) is 2.71. The largest absolute Gasteiger partial charge is 0.494 e. The summed E-state index contributed by atoms with van der Waals surface area (Å²) in [4.78, 5) is 0. The molecular formula is C17H17FO3. The van der Waals surface area contributed by atoms with Crippen LogP contribution in [0.15, 0.2) is 36.4 Å². The smallest absolute Gasteiger partial charge is 0.171 e. The van der Waals surface area contributed by atoms with Crippen molar-refractivity contribution in [2.75, 3.05) is 7.11 Å². The zero-order valence-electron chi connectivity index (χ0n) is 11.8. The minimum atomic E-state index is -0.419. The summed E-state index contributed by atoms with van der Waals surface area (Å²) in [7, 11) is 1.44. The minimum absolute atomic E-state index is 0.135. The zero-order valence-corrected chi connectivity index (χ0v) is 11.8. The summed E-state index contributed by atoms with van der Waals surface area (Å²) in [5.74, 6) is 0.531. The van der Waals surface area contributed by atoms with Gasteiger partial charge in [-0.2, -0.15) is 0 Å². The number of ether oxygens (including phenoxy) is 2. The number of rotatable bonds is 4. The van der Waals surface area contributed by atoms with Gasteiger partial charge in [-0.1, -0.05) is 24.3 Å². The normalized spacial score (nSPS) is 16.6. The Bertz CT molecular complexity index is 654. The lowest BCUT2D eigenvalue weighted by molar-refractivity contribution is 0.180. The van der Waals surface area contributed by atoms with Crippen molar-refractivity contribution in [3.8, 4) is 11.5 Å². The van der Waals surface area contributed by atoms with Gasteiger partial charge < -0.3 is 14.6 Å². The van der Waals surface area contributed by atoms with Gasteiger partial charge in [0.05, 0.1) is 13.2 Å². The average Bonchev–Trinajstić information content (AvgIpc) is 2.88. The van der Waals surface area contributed by atoms with Gasteiger partial charge in [0.2, 0.25) is 0 Å². The second kappa shape index (κ2) is 5.74. The van der Waals surface area contributed by atoms with Crippen molar-refractivity contribution >= 4 is 0 Å². The predicted molar refractivity (Wildman–Crippen MR) is 77.0 cm³/mol. The maximum Gasteiger partial charge on any atom is 0.171 e. The van der Waals surface area contributed by atoms with Crippen LogP contribution in [0.25, 0.3) is 0 Å². The van der Waals surface area contributed by atoms with Gasteiger partial charge >= 0.3 is 0 Å². The molecular weight excluding hydrogens is 271 g/mol. The molecule has 1 atom stereocenters. The van der Waals surface area contributed by atoms with Crippen molar-refractivity contribution < 1.29 is 19.0 Å². The summed E-state index contributed by atoms with van der Waals surface area (Å²) >= 11 is 0. The number of hydrogen-bond acceptors (Lipinski definition) is 3. The predicted octanol–water partition coefficient (Wildman–Crippen LogP) is 3.39. The molecule has 2 aromatic carbocycles. The van der Waals surface area contributed by atoms with Crippen LogP contribution in [-0.2, 0) is 13.0 Å². The van der Waals surface area contributed by atoms with Crippen LogP contribution in [0, 0.1) is 5.82 Å². The van der Waals surface area contributed by atoms with Crippen molar-refractivity contribution in [1.29, 1.82) is 0 Å². The molecule has 0 saturated carbocycles. The number of fused-ring (bicyclic) bond motifs is 1. The third-order valence-corrected chi connectivity index (χ3v) is 3.84. The number of hydrogen-bond donors (Lipinski definition) is 1. The van der Waals surface area contributed by atoms with Crippen LogP contribution >= 0.6 is 0 Å². The van der Waals surface area contributed by atoms with E-state index in [0.717, 1.165) is 17.5 Å². The van der Waals surface area contributed by atoms with Crippen LogP contribution in [0.5, 0.6) is 11.5 Å². The molecule has 3 nitrogen and oxygen atoms in total. The molecule has 0 spiro atoms. The second-order valence-corrected chi connectivity index (χ2v) is 5.10. The van der Waals surface area contributed by atoms with E-state index in [2.05, 4.69) is 0 Å². The molecule has 0 radical (unpaired) electrons. The quantitative estimate of drug-likeness (QED) is 0.937. The number of methoxy groups -OCH3 is 1. The van der Waals surface area contributed by atoms with Crippen molar-refractivity contribution in [3.05, 3.63) is 58.9 Å². The van der Waals surface area contributed by atoms with E-state index >= 15 is 0 Å². The Morgan fingerprint density at radius 1 is 1.19 bits per heavy atom. The average molecular weight is 288 g/mol. The van der Waals surface area contributed by atoms with E-state index in [1.165, 1.54) is 7.11 Å². The third kappa shape index (κ3) is 2.59. The van der Waals surface area contributed by atoms with Crippen molar-refractivity contribution in [3.63, 3.8) is 0 Å². The highest BCUT2D eigenvalue weighted by Crippen LogP contribution is 2.37. The molecule has 0 bridgehead atoms. The fourth-order valence-corrected chi connectivity index (χ4v) is 2.71. The lowest BCUT2D eigenvalue weighted by atomic mass is 10.1. The molecule has 0 saturated heterocycles. The first-order valence-electron chi connectivity index (χ1n) is 6.94. The molecule has 0 amide bonds. The number of aliphatic hydroxyl groups is 1. The SMILES string of the molecule is COc1cccc(COc2cccc3c2CCC3O)c1F. The Labute approximate surface area is 122 Å². The van der Waals surface area contributed by atoms with E-state index in [1.54, 1.807) is 18.2 Å². The summed E-state index contributed by atoms with van der Waals surface area (Å²) in [6, 6.07) is 10.6. The van der Waals surface area contributed by atoms with Crippen LogP contribution in [-0.4, -0.2) is 12.2 Å². The summed E-state index contributed by atoms with van der Waals surface area (Å²) in [5.41, 5.74) is 2.39. The molecule has 0 aromatic heterocycles. The van der Waals surface area contributed by atoms with E-state index in [0.29, 0.717) is 17.7 Å². The molecule has 21 heavy (non-hydrogen) atoms. The van der Waals surface area contributed by atoms with Gasteiger partial charge in [0.25, 0.3) is 0 Å². The molecule has 1 N–H and O–H groups in total. The van der Waals surface area contributed by atoms with E-state index in [1.807, 2.05) is 18.2 Å². The standard InChI is InChI=1S/C17H17FO3/c1-20-16-7-2-4-11(17(16)18)10-21-15-6-3-5-12-13(15)8-9-14(12)19/h2-7,14,19H,8-10H2,1H3. The topological polar surface area (TPSA) is 38.7 Å². The molecule has 2 aromatic rings. The van der Waals surface area contributed by atoms with E-state index in [9.17, 15) is 9.50 Å². The Kier molecular flexibility index (Phi) is 3.80. The van der Waals surface area contributed by atoms with E-state index in [4.69, 9.17) is 9.47 Å². The highest BCUT2D eigenvalue weighted by atomic mass is 19.1. The van der Waals surface area contributed by atoms with Crippen molar-refractivity contribution in [2.24, 2.45) is 0 Å². The monoisotopic (exact) mass is 288 g/mol. The number of benzene rings is 2. The molecule has 3 rings (SSSR count). The van der Waals surface area contributed by atoms with Crippen LogP contribution < -0.4 is 9.47 Å². The Balaban J connectivity index is 1.80. The van der Waals surface area contributed by atoms with E-state index in [-0.39, 0.29) is 12.4 Å². The van der Waals surface area contributed by atoms with Gasteiger partial charge in [0.1, 0.15) is 12.4 Å². The minimum Gasteiger partial charge on any atom is -0.494 e. The summed E-state index contributed by atoms with van der Waals surface area (Å²) in [6.45, 7) is 0.135. The van der Waals surface area contributed by atoms with Crippen LogP contribution in [0.2, 0.25) is 0 Å². The van der Waals surface area contributed by atoms with Crippen molar-refractivity contribution in [1.82, 2.24) is 0 Å². The zero-order chi connectivity index (χ0) is 14.8. The summed E-state index contributed by atoms with van der Waals surface area (Å²) in [6.07, 6.45) is 1.08. The molecule has 0 aliphatic heterocycles. The molecule has 0 heterocycles. The van der Waals surface area contributed by atoms with Gasteiger partial charge in [-0.3, -0.25) is 0 Å². The van der Waals surface area contributed by atoms with Gasteiger partial charge in [-0.25, -0.2) is 4.39 Å². The molecule has 1 unspecified atom stereocenters. The van der Waals surface area contributed by atoms with Crippen LogP contribution in [0.1, 0.15) is 29.2 Å². The maximum absolute atomic E-state index is 14.1. The third-order valence-electron chi connectivity index (χ3n) is 3.84. The first-order chi connectivity index (χ1) is 10.2. The van der Waals surface area contributed by atoms with Gasteiger partial charge in [0, 0.05) is 11.1 Å². The number of aliphatic hydroxyl groups excluding tert-OH is 1. The summed E-state index contributed by atoms with van der Waals surface area (Å²) in [5, 5.41) is 9.87. The van der Waals surface area contributed by atoms with E-state index < -0.39 is 11.9 Å². The second-order valence-electron chi connectivity index (χ2n) is 5.10. The maximum atomic E-state index is 14.1. The van der Waals surface area contributed by atoms with Gasteiger partial charge in [-0.15, -0.1) is 0 Å². The Morgan fingerprint density at radius 3 is 2.76 bits per heavy atom. The number of halogens is 1. The van der Waals surface area contributed by atoms with Crippen LogP contribution in [0.4, 0.5) is 4.39 Å². The van der Waals surface area contributed by atoms with Crippen LogP contribution in [0.3, 0.4) is 0 Å². The lowest BCUT2D eigenvalue weighted by Crippen LogP contribution is -2.02. The highest BCUT2D eigenvalue weighted by molar-refractivity contribution is 5.44. The Morgan fingerprint density at radius 2 is 1.95 bits per heavy atom. The lowest BCUT2D eigenvalue weighted by Gasteiger charge is -2.12. The molecule has 1 aliphatic carbocycles. The van der Waals surface area contributed by atoms with Crippen molar-refractivity contribution in [2.45, 2.75) is 25.6 Å². The highest BCUT2D eigenvalue weighted by Gasteiger charge is 2.23. The van der Waals surface area contributed by atoms with Gasteiger partial charge in [0.15, 0.2) is 11.6 Å². The molecule has 110 valence electrons. The fraction of sp³-hybridized carbons (Fsp3) is 0.294. The van der Waals surface area contributed by atoms with Gasteiger partial charge in [-0.05, 0) is 30.5 Å². The summed E-state index contributed by atoms with van der Waals surface area (Å²) < 4.78 is 24.8. The molecule has 1 aliphatic rings. The first-order valence-corrected chi connectivity index (χ1v) is 6.94. The first kappa shape index (κ1) is 13.9. The molecule has 0 fully saturated rings. The Hall–Kier alpha value is -2.07.